The molecule has 1 fully saturated rings. The summed E-state index contributed by atoms with van der Waals surface area (Å²) in [7, 11) is 0. The summed E-state index contributed by atoms with van der Waals surface area (Å²) < 4.78 is 0. The number of rotatable bonds is 2. The standard InChI is InChI=1S/C19H22N2/c1-14(15-5-3-2-4-6-15)21-17-8-7-16-11-12-20-13-18(16)19(21)10-9-17/h2-6,11-14,17,19H,7-10H2,1H3/t14-,17-,19-/m1/s1. The topological polar surface area (TPSA) is 16.1 Å². The van der Waals surface area contributed by atoms with Crippen LogP contribution in [0.2, 0.25) is 0 Å². The summed E-state index contributed by atoms with van der Waals surface area (Å²) in [5.41, 5.74) is 4.42. The average molecular weight is 278 g/mol. The number of hydrogen-bond acceptors (Lipinski definition) is 2. The Hall–Kier alpha value is -1.67. The highest BCUT2D eigenvalue weighted by Gasteiger charge is 2.40. The minimum atomic E-state index is 0.481. The van der Waals surface area contributed by atoms with Gasteiger partial charge in [0.25, 0.3) is 0 Å². The lowest BCUT2D eigenvalue weighted by Crippen LogP contribution is -2.33. The molecular weight excluding hydrogens is 256 g/mol. The Bertz CT molecular complexity index is 622. The van der Waals surface area contributed by atoms with E-state index >= 15 is 0 Å². The second-order valence-electron chi connectivity index (χ2n) is 6.39. The van der Waals surface area contributed by atoms with Gasteiger partial charge in [0.15, 0.2) is 0 Å². The quantitative estimate of drug-likeness (QED) is 0.814. The Balaban J connectivity index is 1.73. The van der Waals surface area contributed by atoms with Crippen LogP contribution in [-0.4, -0.2) is 15.9 Å². The van der Waals surface area contributed by atoms with Gasteiger partial charge >= 0.3 is 0 Å². The van der Waals surface area contributed by atoms with E-state index in [4.69, 9.17) is 0 Å². The molecule has 3 heterocycles. The molecule has 1 aromatic carbocycles. The van der Waals surface area contributed by atoms with Gasteiger partial charge in [0.2, 0.25) is 0 Å². The second kappa shape index (κ2) is 5.27. The average Bonchev–Trinajstić information content (AvgIpc) is 2.88. The first kappa shape index (κ1) is 13.0. The molecule has 3 atom stereocenters. The van der Waals surface area contributed by atoms with Crippen molar-refractivity contribution in [3.8, 4) is 0 Å². The maximum Gasteiger partial charge on any atom is 0.0375 e. The van der Waals surface area contributed by atoms with E-state index in [1.807, 2.05) is 6.20 Å². The number of aromatic nitrogens is 1. The number of benzene rings is 1. The molecule has 4 rings (SSSR count). The van der Waals surface area contributed by atoms with Crippen LogP contribution >= 0.6 is 0 Å². The minimum absolute atomic E-state index is 0.481. The van der Waals surface area contributed by atoms with Crippen molar-refractivity contribution < 1.29 is 0 Å². The van der Waals surface area contributed by atoms with E-state index in [2.05, 4.69) is 59.4 Å². The van der Waals surface area contributed by atoms with E-state index in [1.165, 1.54) is 42.4 Å². The molecule has 1 saturated heterocycles. The lowest BCUT2D eigenvalue weighted by molar-refractivity contribution is 0.138. The van der Waals surface area contributed by atoms with Gasteiger partial charge in [0.05, 0.1) is 0 Å². The molecule has 0 amide bonds. The van der Waals surface area contributed by atoms with Crippen molar-refractivity contribution in [1.82, 2.24) is 9.88 Å². The van der Waals surface area contributed by atoms with Crippen LogP contribution in [0.1, 0.15) is 55.0 Å². The molecule has 0 radical (unpaired) electrons. The van der Waals surface area contributed by atoms with Gasteiger partial charge < -0.3 is 0 Å². The Labute approximate surface area is 126 Å². The molecule has 0 aliphatic carbocycles. The van der Waals surface area contributed by atoms with Crippen molar-refractivity contribution in [3.05, 3.63) is 65.5 Å². The number of nitrogens with zero attached hydrogens (tertiary/aromatic N) is 2. The fraction of sp³-hybridized carbons (Fsp3) is 0.421. The van der Waals surface area contributed by atoms with E-state index in [1.54, 1.807) is 0 Å². The Morgan fingerprint density at radius 2 is 1.95 bits per heavy atom. The number of fused-ring (bicyclic) bond motifs is 4. The van der Waals surface area contributed by atoms with Crippen LogP contribution in [0, 0.1) is 0 Å². The summed E-state index contributed by atoms with van der Waals surface area (Å²) in [6.45, 7) is 2.36. The highest BCUT2D eigenvalue weighted by molar-refractivity contribution is 5.31. The van der Waals surface area contributed by atoms with Crippen molar-refractivity contribution in [2.75, 3.05) is 0 Å². The molecule has 2 nitrogen and oxygen atoms in total. The van der Waals surface area contributed by atoms with Crippen LogP contribution in [0.25, 0.3) is 0 Å². The molecule has 108 valence electrons. The smallest absolute Gasteiger partial charge is 0.0375 e. The molecular formula is C19H22N2. The van der Waals surface area contributed by atoms with E-state index < -0.39 is 0 Å². The fourth-order valence-electron chi connectivity index (χ4n) is 4.29. The Morgan fingerprint density at radius 1 is 1.10 bits per heavy atom. The first-order valence-corrected chi connectivity index (χ1v) is 8.10. The predicted octanol–water partition coefficient (Wildman–Crippen LogP) is 4.29. The Morgan fingerprint density at radius 3 is 2.81 bits per heavy atom. The van der Waals surface area contributed by atoms with Gasteiger partial charge in [-0.2, -0.15) is 0 Å². The third kappa shape index (κ3) is 2.18. The summed E-state index contributed by atoms with van der Waals surface area (Å²) in [6, 6.07) is 14.9. The lowest BCUT2D eigenvalue weighted by atomic mass is 9.95. The number of pyridine rings is 1. The third-order valence-corrected chi connectivity index (χ3v) is 5.34. The molecule has 2 aromatic rings. The molecule has 0 spiro atoms. The van der Waals surface area contributed by atoms with E-state index in [-0.39, 0.29) is 0 Å². The molecule has 1 aromatic heterocycles. The molecule has 21 heavy (non-hydrogen) atoms. The molecule has 2 aliphatic heterocycles. The monoisotopic (exact) mass is 278 g/mol. The minimum Gasteiger partial charge on any atom is -0.287 e. The fourth-order valence-corrected chi connectivity index (χ4v) is 4.29. The molecule has 0 unspecified atom stereocenters. The second-order valence-corrected chi connectivity index (χ2v) is 6.39. The highest BCUT2D eigenvalue weighted by atomic mass is 15.2. The maximum absolute atomic E-state index is 4.40. The molecule has 0 saturated carbocycles. The molecule has 2 bridgehead atoms. The van der Waals surface area contributed by atoms with Gasteiger partial charge in [-0.3, -0.25) is 9.88 Å². The zero-order valence-electron chi connectivity index (χ0n) is 12.6. The van der Waals surface area contributed by atoms with Gasteiger partial charge in [0, 0.05) is 30.5 Å². The van der Waals surface area contributed by atoms with Crippen LogP contribution in [0.3, 0.4) is 0 Å². The van der Waals surface area contributed by atoms with Gasteiger partial charge in [-0.05, 0) is 55.4 Å². The first-order chi connectivity index (χ1) is 10.3. The normalized spacial score (nSPS) is 26.1. The van der Waals surface area contributed by atoms with Crippen molar-refractivity contribution in [2.45, 2.75) is 50.7 Å². The Kier molecular flexibility index (Phi) is 3.27. The number of hydrogen-bond donors (Lipinski definition) is 0. The summed E-state index contributed by atoms with van der Waals surface area (Å²) >= 11 is 0. The predicted molar refractivity (Wildman–Crippen MR) is 85.0 cm³/mol. The molecule has 2 heteroatoms. The van der Waals surface area contributed by atoms with Crippen molar-refractivity contribution in [3.63, 3.8) is 0 Å². The van der Waals surface area contributed by atoms with Gasteiger partial charge in [0.1, 0.15) is 0 Å². The first-order valence-electron chi connectivity index (χ1n) is 8.10. The van der Waals surface area contributed by atoms with E-state index in [0.29, 0.717) is 12.1 Å². The van der Waals surface area contributed by atoms with Crippen LogP contribution in [0.5, 0.6) is 0 Å². The van der Waals surface area contributed by atoms with Crippen molar-refractivity contribution >= 4 is 0 Å². The van der Waals surface area contributed by atoms with E-state index in [0.717, 1.165) is 6.04 Å². The third-order valence-electron chi connectivity index (χ3n) is 5.34. The lowest BCUT2D eigenvalue weighted by Gasteiger charge is -2.34. The zero-order valence-corrected chi connectivity index (χ0v) is 12.6. The van der Waals surface area contributed by atoms with Crippen molar-refractivity contribution in [1.29, 1.82) is 0 Å². The highest BCUT2D eigenvalue weighted by Crippen LogP contribution is 2.46. The summed E-state index contributed by atoms with van der Waals surface area (Å²) in [6.07, 6.45) is 9.15. The SMILES string of the molecule is C[C@H](c1ccccc1)N1[C@@H]2CCc3ccncc3[C@H]1CC2. The van der Waals surface area contributed by atoms with Gasteiger partial charge in [-0.1, -0.05) is 30.3 Å². The van der Waals surface area contributed by atoms with Crippen LogP contribution < -0.4 is 0 Å². The van der Waals surface area contributed by atoms with Crippen LogP contribution in [0.15, 0.2) is 48.8 Å². The number of aryl methyl sites for hydroxylation is 1. The summed E-state index contributed by atoms with van der Waals surface area (Å²) in [5, 5.41) is 0. The van der Waals surface area contributed by atoms with Crippen LogP contribution in [-0.2, 0) is 6.42 Å². The van der Waals surface area contributed by atoms with Crippen LogP contribution in [0.4, 0.5) is 0 Å². The summed E-state index contributed by atoms with van der Waals surface area (Å²) in [5.74, 6) is 0. The molecule has 2 aliphatic rings. The van der Waals surface area contributed by atoms with Crippen molar-refractivity contribution in [2.24, 2.45) is 0 Å². The summed E-state index contributed by atoms with van der Waals surface area (Å²) in [4.78, 5) is 7.15. The largest absolute Gasteiger partial charge is 0.287 e. The maximum atomic E-state index is 4.40. The van der Waals surface area contributed by atoms with E-state index in [9.17, 15) is 0 Å². The van der Waals surface area contributed by atoms with Gasteiger partial charge in [-0.15, -0.1) is 0 Å². The zero-order chi connectivity index (χ0) is 14.2. The van der Waals surface area contributed by atoms with Gasteiger partial charge in [-0.25, -0.2) is 0 Å². The molecule has 0 N–H and O–H groups in total.